The van der Waals surface area contributed by atoms with E-state index in [-0.39, 0.29) is 10.8 Å². The zero-order chi connectivity index (χ0) is 10.6. The van der Waals surface area contributed by atoms with E-state index in [1.165, 1.54) is 6.07 Å². The Kier molecular flexibility index (Phi) is 3.83. The molecule has 0 aliphatic heterocycles. The highest BCUT2D eigenvalue weighted by Crippen LogP contribution is 2.08. The predicted molar refractivity (Wildman–Crippen MR) is 54.2 cm³/mol. The molecule has 0 atom stereocenters. The van der Waals surface area contributed by atoms with E-state index in [0.29, 0.717) is 18.0 Å². The lowest BCUT2D eigenvalue weighted by Crippen LogP contribution is -2.10. The van der Waals surface area contributed by atoms with Gasteiger partial charge in [-0.1, -0.05) is 0 Å². The number of hydrogen-bond donors (Lipinski definition) is 0. The fourth-order valence-corrected chi connectivity index (χ4v) is 2.37. The van der Waals surface area contributed by atoms with Crippen LogP contribution in [0.2, 0.25) is 0 Å². The van der Waals surface area contributed by atoms with Gasteiger partial charge in [0.25, 0.3) is 0 Å². The lowest BCUT2D eigenvalue weighted by Gasteiger charge is -2.00. The molecule has 0 saturated carbocycles. The number of hydrogen-bond acceptors (Lipinski definition) is 4. The monoisotopic (exact) mass is 234 g/mol. The van der Waals surface area contributed by atoms with Crippen LogP contribution >= 0.6 is 11.6 Å². The molecule has 4 nitrogen and oxygen atoms in total. The van der Waals surface area contributed by atoms with Crippen molar-refractivity contribution in [2.75, 3.05) is 11.6 Å². The Labute approximate surface area is 88.2 Å². The summed E-state index contributed by atoms with van der Waals surface area (Å²) in [7, 11) is -3.30. The molecule has 1 aromatic heterocycles. The summed E-state index contributed by atoms with van der Waals surface area (Å²) in [6, 6.07) is 3.09. The van der Waals surface area contributed by atoms with Gasteiger partial charge in [-0.15, -0.1) is 16.7 Å². The standard InChI is InChI=1S/C8H11ClN2O2S/c1-7-3-4-8(11-10-7)14(12,13)6-2-5-9/h3-4H,2,5-6H2,1H3. The molecule has 0 aliphatic carbocycles. The minimum Gasteiger partial charge on any atom is -0.222 e. The number of halogens is 1. The van der Waals surface area contributed by atoms with Crippen LogP contribution in [0.1, 0.15) is 12.1 Å². The molecule has 1 heterocycles. The highest BCUT2D eigenvalue weighted by atomic mass is 35.5. The lowest BCUT2D eigenvalue weighted by molar-refractivity contribution is 0.588. The molecule has 0 spiro atoms. The van der Waals surface area contributed by atoms with E-state index in [2.05, 4.69) is 10.2 Å². The molecule has 0 aliphatic rings. The van der Waals surface area contributed by atoms with Gasteiger partial charge in [-0.3, -0.25) is 0 Å². The van der Waals surface area contributed by atoms with Gasteiger partial charge in [0, 0.05) is 5.88 Å². The van der Waals surface area contributed by atoms with Gasteiger partial charge >= 0.3 is 0 Å². The molecule has 0 radical (unpaired) electrons. The molecule has 0 N–H and O–H groups in total. The second-order valence-electron chi connectivity index (χ2n) is 2.87. The second kappa shape index (κ2) is 4.70. The molecule has 0 aromatic carbocycles. The van der Waals surface area contributed by atoms with Crippen LogP contribution in [0.5, 0.6) is 0 Å². The third-order valence-electron chi connectivity index (χ3n) is 1.64. The number of nitrogens with zero attached hydrogens (tertiary/aromatic N) is 2. The summed E-state index contributed by atoms with van der Waals surface area (Å²) >= 11 is 5.42. The SMILES string of the molecule is Cc1ccc(S(=O)(=O)CCCCl)nn1. The van der Waals surface area contributed by atoms with E-state index in [0.717, 1.165) is 0 Å². The second-order valence-corrected chi connectivity index (χ2v) is 5.31. The van der Waals surface area contributed by atoms with E-state index in [1.54, 1.807) is 13.0 Å². The quantitative estimate of drug-likeness (QED) is 0.735. The van der Waals surface area contributed by atoms with Crippen LogP contribution in [0.4, 0.5) is 0 Å². The lowest BCUT2D eigenvalue weighted by atomic mass is 10.4. The summed E-state index contributed by atoms with van der Waals surface area (Å²) in [5, 5.41) is 7.33. The molecule has 14 heavy (non-hydrogen) atoms. The summed E-state index contributed by atoms with van der Waals surface area (Å²) in [5.41, 5.74) is 0.696. The summed E-state index contributed by atoms with van der Waals surface area (Å²) < 4.78 is 23.1. The van der Waals surface area contributed by atoms with Gasteiger partial charge in [-0.05, 0) is 25.5 Å². The van der Waals surface area contributed by atoms with Crippen molar-refractivity contribution in [3.63, 3.8) is 0 Å². The third kappa shape index (κ3) is 2.92. The first-order valence-electron chi connectivity index (χ1n) is 4.15. The van der Waals surface area contributed by atoms with Crippen molar-refractivity contribution < 1.29 is 8.42 Å². The number of aryl methyl sites for hydroxylation is 1. The summed E-state index contributed by atoms with van der Waals surface area (Å²) in [6.07, 6.45) is 0.430. The molecule has 0 unspecified atom stereocenters. The molecule has 0 saturated heterocycles. The van der Waals surface area contributed by atoms with Gasteiger partial charge in [0.1, 0.15) is 0 Å². The highest BCUT2D eigenvalue weighted by Gasteiger charge is 2.15. The Morgan fingerprint density at radius 3 is 2.57 bits per heavy atom. The van der Waals surface area contributed by atoms with Crippen molar-refractivity contribution in [1.29, 1.82) is 0 Å². The maximum atomic E-state index is 11.5. The largest absolute Gasteiger partial charge is 0.222 e. The summed E-state index contributed by atoms with van der Waals surface area (Å²) in [5.74, 6) is 0.354. The van der Waals surface area contributed by atoms with Crippen LogP contribution in [0.25, 0.3) is 0 Å². The number of sulfone groups is 1. The van der Waals surface area contributed by atoms with Gasteiger partial charge in [-0.25, -0.2) is 8.42 Å². The van der Waals surface area contributed by atoms with Gasteiger partial charge in [0.15, 0.2) is 14.9 Å². The molecule has 0 bridgehead atoms. The third-order valence-corrected chi connectivity index (χ3v) is 3.59. The molecule has 0 amide bonds. The molecule has 6 heteroatoms. The molecular weight excluding hydrogens is 224 g/mol. The highest BCUT2D eigenvalue weighted by molar-refractivity contribution is 7.91. The fourth-order valence-electron chi connectivity index (χ4n) is 0.902. The van der Waals surface area contributed by atoms with Crippen LogP contribution in [-0.4, -0.2) is 30.2 Å². The van der Waals surface area contributed by atoms with Crippen LogP contribution in [0, 0.1) is 6.92 Å². The molecule has 0 fully saturated rings. The van der Waals surface area contributed by atoms with Crippen molar-refractivity contribution in [1.82, 2.24) is 10.2 Å². The zero-order valence-corrected chi connectivity index (χ0v) is 9.35. The first-order chi connectivity index (χ1) is 6.56. The van der Waals surface area contributed by atoms with Gasteiger partial charge in [0.05, 0.1) is 11.4 Å². The van der Waals surface area contributed by atoms with E-state index in [9.17, 15) is 8.42 Å². The smallest absolute Gasteiger partial charge is 0.197 e. The Hall–Kier alpha value is -0.680. The summed E-state index contributed by atoms with van der Waals surface area (Å²) in [6.45, 7) is 1.75. The van der Waals surface area contributed by atoms with Crippen molar-refractivity contribution >= 4 is 21.4 Å². The van der Waals surface area contributed by atoms with Crippen LogP contribution in [-0.2, 0) is 9.84 Å². The zero-order valence-electron chi connectivity index (χ0n) is 7.77. The average molecular weight is 235 g/mol. The first kappa shape index (κ1) is 11.4. The van der Waals surface area contributed by atoms with Crippen molar-refractivity contribution in [3.05, 3.63) is 17.8 Å². The minimum absolute atomic E-state index is 0.0215. The Bertz CT molecular complexity index is 388. The minimum atomic E-state index is -3.30. The maximum Gasteiger partial charge on any atom is 0.197 e. The number of rotatable bonds is 4. The van der Waals surface area contributed by atoms with Crippen molar-refractivity contribution in [2.45, 2.75) is 18.4 Å². The molecule has 1 rings (SSSR count). The summed E-state index contributed by atoms with van der Waals surface area (Å²) in [4.78, 5) is 0. The molecule has 78 valence electrons. The van der Waals surface area contributed by atoms with Crippen LogP contribution < -0.4 is 0 Å². The van der Waals surface area contributed by atoms with Crippen LogP contribution in [0.15, 0.2) is 17.2 Å². The van der Waals surface area contributed by atoms with E-state index >= 15 is 0 Å². The normalized spacial score (nSPS) is 11.6. The predicted octanol–water partition coefficient (Wildman–Crippen LogP) is 1.19. The van der Waals surface area contributed by atoms with E-state index in [4.69, 9.17) is 11.6 Å². The van der Waals surface area contributed by atoms with Gasteiger partial charge < -0.3 is 0 Å². The van der Waals surface area contributed by atoms with Crippen molar-refractivity contribution in [2.24, 2.45) is 0 Å². The van der Waals surface area contributed by atoms with E-state index in [1.807, 2.05) is 0 Å². The Balaban J connectivity index is 2.87. The number of alkyl halides is 1. The maximum absolute atomic E-state index is 11.5. The van der Waals surface area contributed by atoms with Gasteiger partial charge in [-0.2, -0.15) is 5.10 Å². The fraction of sp³-hybridized carbons (Fsp3) is 0.500. The van der Waals surface area contributed by atoms with Gasteiger partial charge in [0.2, 0.25) is 0 Å². The van der Waals surface area contributed by atoms with E-state index < -0.39 is 9.84 Å². The average Bonchev–Trinajstić information content (AvgIpc) is 2.16. The molecule has 1 aromatic rings. The topological polar surface area (TPSA) is 59.9 Å². The van der Waals surface area contributed by atoms with Crippen molar-refractivity contribution in [3.8, 4) is 0 Å². The number of aromatic nitrogens is 2. The Morgan fingerprint density at radius 1 is 1.36 bits per heavy atom. The molecular formula is C8H11ClN2O2S. The Morgan fingerprint density at radius 2 is 2.07 bits per heavy atom. The first-order valence-corrected chi connectivity index (χ1v) is 6.34. The van der Waals surface area contributed by atoms with Crippen LogP contribution in [0.3, 0.4) is 0 Å².